The summed E-state index contributed by atoms with van der Waals surface area (Å²) >= 11 is 6.18. The van der Waals surface area contributed by atoms with Gasteiger partial charge in [-0.1, -0.05) is 29.8 Å². The van der Waals surface area contributed by atoms with E-state index in [1.165, 1.54) is 18.5 Å². The van der Waals surface area contributed by atoms with Gasteiger partial charge in [0, 0.05) is 29.2 Å². The van der Waals surface area contributed by atoms with Crippen molar-refractivity contribution in [2.24, 2.45) is 5.73 Å². The van der Waals surface area contributed by atoms with Crippen LogP contribution in [-0.2, 0) is 0 Å². The minimum Gasteiger partial charge on any atom is -0.368 e. The van der Waals surface area contributed by atoms with Crippen molar-refractivity contribution in [1.29, 1.82) is 5.26 Å². The van der Waals surface area contributed by atoms with E-state index in [-0.39, 0.29) is 5.56 Å². The van der Waals surface area contributed by atoms with Crippen LogP contribution in [0.2, 0.25) is 5.02 Å². The molecule has 3 N–H and O–H groups in total. The van der Waals surface area contributed by atoms with Gasteiger partial charge in [-0.25, -0.2) is 14.4 Å². The Bertz CT molecular complexity index is 1020. The van der Waals surface area contributed by atoms with Crippen molar-refractivity contribution in [2.45, 2.75) is 13.0 Å². The van der Waals surface area contributed by atoms with Crippen molar-refractivity contribution < 1.29 is 4.39 Å². The molecule has 0 saturated heterocycles. The molecule has 0 spiro atoms. The first-order chi connectivity index (χ1) is 13.0. The van der Waals surface area contributed by atoms with E-state index in [2.05, 4.69) is 15.3 Å². The molecule has 1 heterocycles. The van der Waals surface area contributed by atoms with Crippen LogP contribution in [0.15, 0.2) is 48.8 Å². The summed E-state index contributed by atoms with van der Waals surface area (Å²) in [6.45, 7) is 2.28. The first-order valence-corrected chi connectivity index (χ1v) is 8.63. The van der Waals surface area contributed by atoms with Crippen molar-refractivity contribution >= 4 is 17.4 Å². The predicted octanol–water partition coefficient (Wildman–Crippen LogP) is 4.23. The predicted molar refractivity (Wildman–Crippen MR) is 104 cm³/mol. The number of halogens is 2. The normalized spacial score (nSPS) is 11.7. The van der Waals surface area contributed by atoms with Crippen molar-refractivity contribution in [2.75, 3.05) is 11.9 Å². The van der Waals surface area contributed by atoms with Gasteiger partial charge >= 0.3 is 0 Å². The molecule has 7 heteroatoms. The molecule has 0 fully saturated rings. The third-order valence-corrected chi connectivity index (χ3v) is 4.59. The average molecular weight is 382 g/mol. The third-order valence-electron chi connectivity index (χ3n) is 4.18. The summed E-state index contributed by atoms with van der Waals surface area (Å²) in [5.41, 5.74) is 9.32. The lowest BCUT2D eigenvalue weighted by Crippen LogP contribution is -2.21. The number of nitrogens with zero attached hydrogens (tertiary/aromatic N) is 3. The zero-order valence-electron chi connectivity index (χ0n) is 14.6. The van der Waals surface area contributed by atoms with Crippen LogP contribution < -0.4 is 11.1 Å². The van der Waals surface area contributed by atoms with E-state index in [4.69, 9.17) is 22.6 Å². The smallest absolute Gasteiger partial charge is 0.141 e. The first kappa shape index (κ1) is 18.8. The molecule has 0 aliphatic carbocycles. The maximum atomic E-state index is 13.7. The third kappa shape index (κ3) is 4.40. The number of rotatable bonds is 5. The Morgan fingerprint density at radius 1 is 1.22 bits per heavy atom. The largest absolute Gasteiger partial charge is 0.368 e. The highest BCUT2D eigenvalue weighted by molar-refractivity contribution is 6.31. The number of hydrogen-bond acceptors (Lipinski definition) is 5. The Morgan fingerprint density at radius 2 is 2.04 bits per heavy atom. The Kier molecular flexibility index (Phi) is 5.65. The van der Waals surface area contributed by atoms with E-state index in [9.17, 15) is 4.39 Å². The number of nitrogens with two attached hydrogens (primary N) is 1. The summed E-state index contributed by atoms with van der Waals surface area (Å²) in [4.78, 5) is 8.46. The lowest BCUT2D eigenvalue weighted by atomic mass is 10.1. The van der Waals surface area contributed by atoms with E-state index in [1.54, 1.807) is 18.2 Å². The molecule has 0 radical (unpaired) electrons. The fraction of sp³-hybridized carbons (Fsp3) is 0.150. The van der Waals surface area contributed by atoms with E-state index >= 15 is 0 Å². The van der Waals surface area contributed by atoms with E-state index in [0.29, 0.717) is 22.9 Å². The van der Waals surface area contributed by atoms with Gasteiger partial charge in [0.05, 0.1) is 11.3 Å². The molecular weight excluding hydrogens is 365 g/mol. The van der Waals surface area contributed by atoms with Crippen molar-refractivity contribution in [1.82, 2.24) is 9.97 Å². The summed E-state index contributed by atoms with van der Waals surface area (Å²) in [7, 11) is 0. The Hall–Kier alpha value is -3.01. The van der Waals surface area contributed by atoms with E-state index in [0.717, 1.165) is 16.8 Å². The van der Waals surface area contributed by atoms with E-state index < -0.39 is 11.9 Å². The molecule has 27 heavy (non-hydrogen) atoms. The van der Waals surface area contributed by atoms with Crippen LogP contribution in [0, 0.1) is 24.1 Å². The number of nitrogens with one attached hydrogen (secondary N) is 1. The Labute approximate surface area is 161 Å². The molecular formula is C20H17ClFN5. The molecule has 0 aliphatic heterocycles. The van der Waals surface area contributed by atoms with Gasteiger partial charge in [-0.3, -0.25) is 0 Å². The molecule has 2 aromatic carbocycles. The van der Waals surface area contributed by atoms with Crippen LogP contribution in [0.4, 0.5) is 10.2 Å². The Balaban J connectivity index is 1.72. The molecule has 3 aromatic rings. The highest BCUT2D eigenvalue weighted by Gasteiger charge is 2.11. The van der Waals surface area contributed by atoms with Crippen molar-refractivity contribution in [3.8, 4) is 17.3 Å². The van der Waals surface area contributed by atoms with Gasteiger partial charge in [-0.2, -0.15) is 5.26 Å². The zero-order valence-corrected chi connectivity index (χ0v) is 15.3. The van der Waals surface area contributed by atoms with Gasteiger partial charge in [0.25, 0.3) is 0 Å². The number of nitriles is 1. The topological polar surface area (TPSA) is 87.6 Å². The van der Waals surface area contributed by atoms with Crippen LogP contribution in [0.1, 0.15) is 22.7 Å². The second-order valence-corrected chi connectivity index (χ2v) is 6.50. The zero-order chi connectivity index (χ0) is 19.4. The average Bonchev–Trinajstić information content (AvgIpc) is 2.68. The molecule has 1 aromatic heterocycles. The maximum absolute atomic E-state index is 13.7. The van der Waals surface area contributed by atoms with Gasteiger partial charge in [-0.05, 0) is 36.2 Å². The number of anilines is 1. The van der Waals surface area contributed by atoms with Gasteiger partial charge in [-0.15, -0.1) is 0 Å². The van der Waals surface area contributed by atoms with Crippen LogP contribution in [-0.4, -0.2) is 16.5 Å². The second-order valence-electron chi connectivity index (χ2n) is 6.09. The van der Waals surface area contributed by atoms with Crippen molar-refractivity contribution in [3.63, 3.8) is 0 Å². The fourth-order valence-corrected chi connectivity index (χ4v) is 2.73. The molecule has 0 saturated carbocycles. The number of aryl methyl sites for hydroxylation is 1. The molecule has 0 amide bonds. The minimum absolute atomic E-state index is 0.00360. The molecule has 5 nitrogen and oxygen atoms in total. The van der Waals surface area contributed by atoms with Gasteiger partial charge < -0.3 is 11.1 Å². The highest BCUT2D eigenvalue weighted by atomic mass is 35.5. The van der Waals surface area contributed by atoms with Crippen LogP contribution in [0.3, 0.4) is 0 Å². The highest BCUT2D eigenvalue weighted by Crippen LogP contribution is 2.25. The molecule has 0 unspecified atom stereocenters. The Morgan fingerprint density at radius 3 is 2.74 bits per heavy atom. The summed E-state index contributed by atoms with van der Waals surface area (Å²) in [5, 5.41) is 12.6. The summed E-state index contributed by atoms with van der Waals surface area (Å²) < 4.78 is 13.7. The quantitative estimate of drug-likeness (QED) is 0.690. The number of hydrogen-bond donors (Lipinski definition) is 2. The molecule has 1 atom stereocenters. The lowest BCUT2D eigenvalue weighted by Gasteiger charge is -2.14. The molecule has 3 rings (SSSR count). The number of aromatic nitrogens is 2. The minimum atomic E-state index is -0.578. The summed E-state index contributed by atoms with van der Waals surface area (Å²) in [6, 6.07) is 13.2. The first-order valence-electron chi connectivity index (χ1n) is 8.25. The van der Waals surface area contributed by atoms with Gasteiger partial charge in [0.15, 0.2) is 0 Å². The van der Waals surface area contributed by atoms with Crippen LogP contribution >= 0.6 is 11.6 Å². The summed E-state index contributed by atoms with van der Waals surface area (Å²) in [5.74, 6) is 0.0206. The standard InChI is InChI=1S/C20H17ClFN5/c1-12-2-3-14(6-16(12)21)19-8-20(27-11-26-19)25-10-18(24)13-4-5-15(9-23)17(22)7-13/h2-8,11,18H,10,24H2,1H3,(H,25,26,27)/t18-/m0/s1. The van der Waals surface area contributed by atoms with Gasteiger partial charge in [0.2, 0.25) is 0 Å². The van der Waals surface area contributed by atoms with Crippen molar-refractivity contribution in [3.05, 3.63) is 76.3 Å². The monoisotopic (exact) mass is 381 g/mol. The van der Waals surface area contributed by atoms with E-state index in [1.807, 2.05) is 25.1 Å². The van der Waals surface area contributed by atoms with Crippen LogP contribution in [0.5, 0.6) is 0 Å². The maximum Gasteiger partial charge on any atom is 0.141 e. The molecule has 0 aliphatic rings. The molecule has 0 bridgehead atoms. The molecule has 136 valence electrons. The van der Waals surface area contributed by atoms with Gasteiger partial charge in [0.1, 0.15) is 24.0 Å². The lowest BCUT2D eigenvalue weighted by molar-refractivity contribution is 0.617. The van der Waals surface area contributed by atoms with Crippen LogP contribution in [0.25, 0.3) is 11.3 Å². The fourth-order valence-electron chi connectivity index (χ4n) is 2.55. The number of benzene rings is 2. The second kappa shape index (κ2) is 8.12. The summed E-state index contributed by atoms with van der Waals surface area (Å²) in [6.07, 6.45) is 1.46. The SMILES string of the molecule is Cc1ccc(-c2cc(NC[C@H](N)c3ccc(C#N)c(F)c3)ncn2)cc1Cl.